The molecular weight excluding hydrogens is 376 g/mol. The summed E-state index contributed by atoms with van der Waals surface area (Å²) in [7, 11) is 5.60. The van der Waals surface area contributed by atoms with Crippen molar-refractivity contribution in [2.75, 3.05) is 27.7 Å². The molecule has 0 unspecified atom stereocenters. The highest BCUT2D eigenvalue weighted by Gasteiger charge is 2.15. The lowest BCUT2D eigenvalue weighted by Crippen LogP contribution is -2.33. The Labute approximate surface area is 169 Å². The summed E-state index contributed by atoms with van der Waals surface area (Å²) in [5.41, 5.74) is 2.51. The van der Waals surface area contributed by atoms with Gasteiger partial charge in [0.2, 0.25) is 5.91 Å². The van der Waals surface area contributed by atoms with Crippen molar-refractivity contribution >= 4 is 29.2 Å². The lowest BCUT2D eigenvalue weighted by Gasteiger charge is -2.25. The van der Waals surface area contributed by atoms with Gasteiger partial charge in [-0.1, -0.05) is 29.8 Å². The van der Waals surface area contributed by atoms with E-state index in [1.54, 1.807) is 13.2 Å². The van der Waals surface area contributed by atoms with Crippen molar-refractivity contribution < 1.29 is 9.53 Å². The summed E-state index contributed by atoms with van der Waals surface area (Å²) in [5.74, 6) is 0.612. The van der Waals surface area contributed by atoms with Gasteiger partial charge >= 0.3 is 0 Å². The van der Waals surface area contributed by atoms with E-state index in [1.165, 1.54) is 6.08 Å². The molecule has 3 rings (SSSR count). The molecule has 2 heterocycles. The van der Waals surface area contributed by atoms with Crippen LogP contribution < -0.4 is 10.1 Å². The zero-order valence-corrected chi connectivity index (χ0v) is 16.8. The molecule has 1 atom stereocenters. The average molecular weight is 399 g/mol. The fraction of sp³-hybridized carbons (Fsp3) is 0.238. The summed E-state index contributed by atoms with van der Waals surface area (Å²) in [6, 6.07) is 13.5. The van der Waals surface area contributed by atoms with Crippen LogP contribution in [0.2, 0.25) is 5.15 Å². The summed E-state index contributed by atoms with van der Waals surface area (Å²) in [6.45, 7) is 0.476. The van der Waals surface area contributed by atoms with Gasteiger partial charge in [0.15, 0.2) is 5.15 Å². The van der Waals surface area contributed by atoms with E-state index in [4.69, 9.17) is 16.3 Å². The standard InChI is InChI=1S/C21H23ClN4O2/c1-25(2)18(15-7-9-16(28-3)10-8-15)14-23-20(27)12-11-17-21(22)24-19-6-4-5-13-26(17)19/h4-13,18H,14H2,1-3H3,(H,23,27)/b12-11+/t18-/m0/s1. The van der Waals surface area contributed by atoms with Gasteiger partial charge in [0, 0.05) is 18.8 Å². The number of rotatable bonds is 7. The van der Waals surface area contributed by atoms with Crippen molar-refractivity contribution in [3.05, 3.63) is 71.1 Å². The Morgan fingerprint density at radius 2 is 2.04 bits per heavy atom. The monoisotopic (exact) mass is 398 g/mol. The van der Waals surface area contributed by atoms with Crippen LogP contribution in [0.5, 0.6) is 5.75 Å². The number of nitrogens with one attached hydrogen (secondary N) is 1. The predicted octanol–water partition coefficient (Wildman–Crippen LogP) is 3.43. The molecule has 7 heteroatoms. The van der Waals surface area contributed by atoms with Crippen LogP contribution in [-0.4, -0.2) is 47.9 Å². The summed E-state index contributed by atoms with van der Waals surface area (Å²) in [5, 5.41) is 3.31. The molecule has 1 amide bonds. The fourth-order valence-corrected chi connectivity index (χ4v) is 3.21. The second-order valence-corrected chi connectivity index (χ2v) is 6.91. The number of ether oxygens (including phenoxy) is 1. The topological polar surface area (TPSA) is 58.9 Å². The highest BCUT2D eigenvalue weighted by atomic mass is 35.5. The molecule has 0 radical (unpaired) electrons. The van der Waals surface area contributed by atoms with Crippen molar-refractivity contribution in [2.45, 2.75) is 6.04 Å². The quantitative estimate of drug-likeness (QED) is 0.619. The van der Waals surface area contributed by atoms with Crippen LogP contribution >= 0.6 is 11.6 Å². The number of hydrogen-bond donors (Lipinski definition) is 1. The molecule has 0 aliphatic rings. The molecule has 0 aliphatic heterocycles. The zero-order chi connectivity index (χ0) is 20.1. The molecular formula is C21H23ClN4O2. The second-order valence-electron chi connectivity index (χ2n) is 6.55. The molecule has 1 N–H and O–H groups in total. The van der Waals surface area contributed by atoms with Gasteiger partial charge in [-0.05, 0) is 50.0 Å². The van der Waals surface area contributed by atoms with E-state index in [1.807, 2.05) is 67.2 Å². The van der Waals surface area contributed by atoms with Gasteiger partial charge in [0.05, 0.1) is 18.8 Å². The van der Waals surface area contributed by atoms with Crippen LogP contribution in [-0.2, 0) is 4.79 Å². The maximum absolute atomic E-state index is 12.3. The molecule has 0 saturated carbocycles. The van der Waals surface area contributed by atoms with Crippen molar-refractivity contribution in [2.24, 2.45) is 0 Å². The highest BCUT2D eigenvalue weighted by Crippen LogP contribution is 2.21. The fourth-order valence-electron chi connectivity index (χ4n) is 2.97. The number of halogens is 1. The third-order valence-corrected chi connectivity index (χ3v) is 4.79. The minimum absolute atomic E-state index is 0.0441. The Kier molecular flexibility index (Phi) is 6.34. The van der Waals surface area contributed by atoms with Crippen LogP contribution in [0.15, 0.2) is 54.7 Å². The number of amides is 1. The first-order valence-electron chi connectivity index (χ1n) is 8.88. The second kappa shape index (κ2) is 8.91. The molecule has 0 bridgehead atoms. The Morgan fingerprint density at radius 1 is 1.29 bits per heavy atom. The Balaban J connectivity index is 1.67. The zero-order valence-electron chi connectivity index (χ0n) is 16.1. The van der Waals surface area contributed by atoms with E-state index in [9.17, 15) is 4.79 Å². The highest BCUT2D eigenvalue weighted by molar-refractivity contribution is 6.31. The van der Waals surface area contributed by atoms with E-state index in [0.29, 0.717) is 17.4 Å². The number of fused-ring (bicyclic) bond motifs is 1. The first kappa shape index (κ1) is 19.9. The number of pyridine rings is 1. The minimum Gasteiger partial charge on any atom is -0.497 e. The predicted molar refractivity (Wildman–Crippen MR) is 112 cm³/mol. The number of carbonyl (C=O) groups excluding carboxylic acids is 1. The van der Waals surface area contributed by atoms with Gasteiger partial charge in [0.1, 0.15) is 11.4 Å². The lowest BCUT2D eigenvalue weighted by atomic mass is 10.1. The van der Waals surface area contributed by atoms with Crippen LogP contribution in [0.4, 0.5) is 0 Å². The normalized spacial score (nSPS) is 12.6. The molecule has 28 heavy (non-hydrogen) atoms. The Hall–Kier alpha value is -2.83. The van der Waals surface area contributed by atoms with Crippen molar-refractivity contribution in [3.8, 4) is 5.75 Å². The minimum atomic E-state index is -0.192. The third-order valence-electron chi connectivity index (χ3n) is 4.51. The van der Waals surface area contributed by atoms with Crippen LogP contribution in [0.3, 0.4) is 0 Å². The molecule has 6 nitrogen and oxygen atoms in total. The number of hydrogen-bond acceptors (Lipinski definition) is 4. The largest absolute Gasteiger partial charge is 0.497 e. The summed E-state index contributed by atoms with van der Waals surface area (Å²) in [4.78, 5) is 18.7. The molecule has 3 aromatic rings. The smallest absolute Gasteiger partial charge is 0.244 e. The van der Waals surface area contributed by atoms with Crippen molar-refractivity contribution in [1.29, 1.82) is 0 Å². The number of benzene rings is 1. The summed E-state index contributed by atoms with van der Waals surface area (Å²) in [6.07, 6.45) is 5.01. The van der Waals surface area contributed by atoms with E-state index < -0.39 is 0 Å². The van der Waals surface area contributed by atoms with Gasteiger partial charge in [-0.2, -0.15) is 0 Å². The van der Waals surface area contributed by atoms with Crippen LogP contribution in [0, 0.1) is 0 Å². The average Bonchev–Trinajstić information content (AvgIpc) is 3.01. The van der Waals surface area contributed by atoms with Crippen LogP contribution in [0.25, 0.3) is 11.7 Å². The molecule has 0 aliphatic carbocycles. The van der Waals surface area contributed by atoms with E-state index >= 15 is 0 Å². The maximum atomic E-state index is 12.3. The Bertz CT molecular complexity index is 980. The number of methoxy groups -OCH3 is 1. The molecule has 0 saturated heterocycles. The van der Waals surface area contributed by atoms with Gasteiger partial charge in [-0.3, -0.25) is 9.20 Å². The first-order valence-corrected chi connectivity index (χ1v) is 9.26. The van der Waals surface area contributed by atoms with Crippen molar-refractivity contribution in [3.63, 3.8) is 0 Å². The van der Waals surface area contributed by atoms with Gasteiger partial charge in [-0.15, -0.1) is 0 Å². The summed E-state index contributed by atoms with van der Waals surface area (Å²) >= 11 is 6.19. The number of imidazole rings is 1. The molecule has 2 aromatic heterocycles. The van der Waals surface area contributed by atoms with Gasteiger partial charge < -0.3 is 15.0 Å². The van der Waals surface area contributed by atoms with Crippen LogP contribution in [0.1, 0.15) is 17.3 Å². The molecule has 0 spiro atoms. The van der Waals surface area contributed by atoms with Gasteiger partial charge in [-0.25, -0.2) is 4.98 Å². The number of carbonyl (C=O) groups is 1. The maximum Gasteiger partial charge on any atom is 0.244 e. The molecule has 146 valence electrons. The van der Waals surface area contributed by atoms with Gasteiger partial charge in [0.25, 0.3) is 0 Å². The van der Waals surface area contributed by atoms with Crippen molar-refractivity contribution in [1.82, 2.24) is 19.6 Å². The first-order chi connectivity index (χ1) is 13.5. The molecule has 0 fully saturated rings. The van der Waals surface area contributed by atoms with E-state index in [0.717, 1.165) is 17.0 Å². The number of aromatic nitrogens is 2. The Morgan fingerprint density at radius 3 is 2.71 bits per heavy atom. The molecule has 1 aromatic carbocycles. The third kappa shape index (κ3) is 4.52. The van der Waals surface area contributed by atoms with E-state index in [2.05, 4.69) is 15.2 Å². The number of nitrogens with zero attached hydrogens (tertiary/aromatic N) is 3. The SMILES string of the molecule is COc1ccc([C@H](CNC(=O)/C=C/c2c(Cl)nc3ccccn23)N(C)C)cc1. The lowest BCUT2D eigenvalue weighted by molar-refractivity contribution is -0.116. The number of likely N-dealkylation sites (N-methyl/N-ethyl adjacent to an activating group) is 1. The van der Waals surface area contributed by atoms with E-state index in [-0.39, 0.29) is 11.9 Å². The summed E-state index contributed by atoms with van der Waals surface area (Å²) < 4.78 is 7.04.